The van der Waals surface area contributed by atoms with Crippen molar-refractivity contribution in [3.05, 3.63) is 53.9 Å². The van der Waals surface area contributed by atoms with Gasteiger partial charge in [0.05, 0.1) is 18.7 Å². The molecule has 1 aliphatic carbocycles. The topological polar surface area (TPSA) is 79.2 Å². The number of carbonyl (C=O) groups excluding carboxylic acids is 1. The van der Waals surface area contributed by atoms with Crippen LogP contribution >= 0.6 is 0 Å². The number of nitrogens with one attached hydrogen (secondary N) is 2. The second kappa shape index (κ2) is 7.49. The van der Waals surface area contributed by atoms with Crippen LogP contribution in [0.1, 0.15) is 36.8 Å². The Morgan fingerprint density at radius 3 is 2.75 bits per heavy atom. The average molecular weight is 328 g/mol. The third-order valence-corrected chi connectivity index (χ3v) is 4.59. The van der Waals surface area contributed by atoms with Crippen LogP contribution in [0.2, 0.25) is 0 Å². The number of hydrogen-bond acceptors (Lipinski definition) is 3. The number of carbonyl (C=O) groups is 1. The summed E-state index contributed by atoms with van der Waals surface area (Å²) in [4.78, 5) is 12.1. The number of hydrogen-bond donors (Lipinski definition) is 3. The van der Waals surface area contributed by atoms with Gasteiger partial charge in [0.25, 0.3) is 0 Å². The highest BCUT2D eigenvalue weighted by atomic mass is 16.3. The van der Waals surface area contributed by atoms with Crippen LogP contribution in [-0.4, -0.2) is 33.1 Å². The van der Waals surface area contributed by atoms with Crippen molar-refractivity contribution in [2.45, 2.75) is 44.3 Å². The summed E-state index contributed by atoms with van der Waals surface area (Å²) in [6, 6.07) is 9.77. The fraction of sp³-hybridized carbons (Fsp3) is 0.444. The van der Waals surface area contributed by atoms with Crippen molar-refractivity contribution in [2.24, 2.45) is 0 Å². The van der Waals surface area contributed by atoms with E-state index in [0.717, 1.165) is 36.8 Å². The summed E-state index contributed by atoms with van der Waals surface area (Å²) in [6.45, 7) is 1.17. The second-order valence-electron chi connectivity index (χ2n) is 6.48. The molecule has 24 heavy (non-hydrogen) atoms. The Hall–Kier alpha value is -2.34. The maximum atomic E-state index is 12.1. The van der Waals surface area contributed by atoms with Gasteiger partial charge in [-0.15, -0.1) is 0 Å². The van der Waals surface area contributed by atoms with Gasteiger partial charge in [0.1, 0.15) is 0 Å². The second-order valence-corrected chi connectivity index (χ2v) is 6.48. The maximum Gasteiger partial charge on any atom is 0.315 e. The van der Waals surface area contributed by atoms with Gasteiger partial charge in [0.2, 0.25) is 0 Å². The predicted octanol–water partition coefficient (Wildman–Crippen LogP) is 2.04. The van der Waals surface area contributed by atoms with Crippen LogP contribution in [0.15, 0.2) is 42.7 Å². The Bertz CT molecular complexity index is 663. The molecule has 1 aromatic heterocycles. The zero-order valence-electron chi connectivity index (χ0n) is 13.7. The number of aliphatic hydroxyl groups is 1. The van der Waals surface area contributed by atoms with Crippen LogP contribution in [-0.2, 0) is 13.1 Å². The van der Waals surface area contributed by atoms with Gasteiger partial charge in [-0.05, 0) is 30.0 Å². The van der Waals surface area contributed by atoms with E-state index in [1.165, 1.54) is 0 Å². The summed E-state index contributed by atoms with van der Waals surface area (Å²) in [5.41, 5.74) is 1.74. The van der Waals surface area contributed by atoms with Crippen LogP contribution in [0.3, 0.4) is 0 Å². The van der Waals surface area contributed by atoms with Gasteiger partial charge in [-0.3, -0.25) is 4.68 Å². The molecule has 1 fully saturated rings. The fourth-order valence-corrected chi connectivity index (χ4v) is 3.26. The highest BCUT2D eigenvalue weighted by Gasteiger charge is 2.34. The fourth-order valence-electron chi connectivity index (χ4n) is 3.26. The largest absolute Gasteiger partial charge is 0.394 e. The molecule has 1 aliphatic rings. The van der Waals surface area contributed by atoms with E-state index in [2.05, 4.69) is 21.8 Å². The quantitative estimate of drug-likeness (QED) is 0.759. The van der Waals surface area contributed by atoms with Gasteiger partial charge in [-0.1, -0.05) is 37.1 Å². The van der Waals surface area contributed by atoms with Crippen molar-refractivity contribution in [1.82, 2.24) is 20.4 Å². The lowest BCUT2D eigenvalue weighted by molar-refractivity contribution is 0.163. The SMILES string of the molecule is O=C(NCc1cccc(Cn2cccn2)c1)NC1(CO)CCCC1. The number of aromatic nitrogens is 2. The Balaban J connectivity index is 1.53. The van der Waals surface area contributed by atoms with Crippen molar-refractivity contribution in [3.63, 3.8) is 0 Å². The summed E-state index contributed by atoms with van der Waals surface area (Å²) in [6.07, 6.45) is 7.48. The van der Waals surface area contributed by atoms with Gasteiger partial charge in [0, 0.05) is 18.9 Å². The molecule has 3 rings (SSSR count). The molecule has 0 saturated heterocycles. The van der Waals surface area contributed by atoms with Crippen LogP contribution in [0, 0.1) is 0 Å². The Labute approximate surface area is 141 Å². The minimum absolute atomic E-state index is 0.000223. The summed E-state index contributed by atoms with van der Waals surface area (Å²) in [5.74, 6) is 0. The molecule has 3 N–H and O–H groups in total. The lowest BCUT2D eigenvalue weighted by Gasteiger charge is -2.28. The zero-order valence-corrected chi connectivity index (χ0v) is 13.7. The normalized spacial score (nSPS) is 16.0. The number of amides is 2. The molecule has 0 aliphatic heterocycles. The number of urea groups is 1. The van der Waals surface area contributed by atoms with E-state index in [0.29, 0.717) is 13.1 Å². The van der Waals surface area contributed by atoms with E-state index >= 15 is 0 Å². The number of benzene rings is 1. The standard InChI is InChI=1S/C18H24N4O2/c23-14-18(7-1-2-8-18)21-17(24)19-12-15-5-3-6-16(11-15)13-22-10-4-9-20-22/h3-6,9-11,23H,1-2,7-8,12-14H2,(H2,19,21,24). The Kier molecular flexibility index (Phi) is 5.15. The van der Waals surface area contributed by atoms with E-state index in [-0.39, 0.29) is 12.6 Å². The van der Waals surface area contributed by atoms with E-state index in [1.54, 1.807) is 6.20 Å². The molecule has 0 atom stereocenters. The van der Waals surface area contributed by atoms with Crippen molar-refractivity contribution in [1.29, 1.82) is 0 Å². The molecule has 0 radical (unpaired) electrons. The number of nitrogens with zero attached hydrogens (tertiary/aromatic N) is 2. The van der Waals surface area contributed by atoms with E-state index < -0.39 is 5.54 Å². The van der Waals surface area contributed by atoms with Crippen molar-refractivity contribution in [2.75, 3.05) is 6.61 Å². The van der Waals surface area contributed by atoms with Crippen LogP contribution in [0.4, 0.5) is 4.79 Å². The maximum absolute atomic E-state index is 12.1. The molecule has 1 heterocycles. The smallest absolute Gasteiger partial charge is 0.315 e. The highest BCUT2D eigenvalue weighted by molar-refractivity contribution is 5.74. The molecule has 1 aromatic carbocycles. The van der Waals surface area contributed by atoms with Gasteiger partial charge in [-0.2, -0.15) is 5.10 Å². The van der Waals surface area contributed by atoms with E-state index in [1.807, 2.05) is 35.1 Å². The molecule has 0 bridgehead atoms. The molecular formula is C18H24N4O2. The molecule has 6 nitrogen and oxygen atoms in total. The molecule has 2 aromatic rings. The van der Waals surface area contributed by atoms with Gasteiger partial charge < -0.3 is 15.7 Å². The Morgan fingerprint density at radius 1 is 1.25 bits per heavy atom. The zero-order chi connectivity index (χ0) is 16.8. The summed E-state index contributed by atoms with van der Waals surface area (Å²) in [7, 11) is 0. The lowest BCUT2D eigenvalue weighted by atomic mass is 9.99. The van der Waals surface area contributed by atoms with Gasteiger partial charge in [0.15, 0.2) is 0 Å². The average Bonchev–Trinajstić information content (AvgIpc) is 3.26. The van der Waals surface area contributed by atoms with Crippen LogP contribution in [0.5, 0.6) is 0 Å². The minimum atomic E-state index is -0.438. The summed E-state index contributed by atoms with van der Waals surface area (Å²) < 4.78 is 1.87. The molecule has 0 spiro atoms. The molecule has 128 valence electrons. The summed E-state index contributed by atoms with van der Waals surface area (Å²) in [5, 5.41) is 19.6. The van der Waals surface area contributed by atoms with Crippen LogP contribution in [0.25, 0.3) is 0 Å². The predicted molar refractivity (Wildman–Crippen MR) is 91.4 cm³/mol. The molecule has 6 heteroatoms. The van der Waals surface area contributed by atoms with Crippen molar-refractivity contribution in [3.8, 4) is 0 Å². The van der Waals surface area contributed by atoms with E-state index in [9.17, 15) is 9.90 Å². The number of rotatable bonds is 6. The lowest BCUT2D eigenvalue weighted by Crippen LogP contribution is -2.52. The van der Waals surface area contributed by atoms with Crippen LogP contribution < -0.4 is 10.6 Å². The minimum Gasteiger partial charge on any atom is -0.394 e. The first-order chi connectivity index (χ1) is 11.7. The molecule has 0 unspecified atom stereocenters. The third-order valence-electron chi connectivity index (χ3n) is 4.59. The number of aliphatic hydroxyl groups excluding tert-OH is 1. The molecule has 1 saturated carbocycles. The first-order valence-electron chi connectivity index (χ1n) is 8.41. The molecular weight excluding hydrogens is 304 g/mol. The first kappa shape index (κ1) is 16.5. The monoisotopic (exact) mass is 328 g/mol. The highest BCUT2D eigenvalue weighted by Crippen LogP contribution is 2.28. The summed E-state index contributed by atoms with van der Waals surface area (Å²) >= 11 is 0. The third kappa shape index (κ3) is 4.14. The first-order valence-corrected chi connectivity index (χ1v) is 8.41. The van der Waals surface area contributed by atoms with Crippen molar-refractivity contribution >= 4 is 6.03 Å². The van der Waals surface area contributed by atoms with Crippen molar-refractivity contribution < 1.29 is 9.90 Å². The van der Waals surface area contributed by atoms with Gasteiger partial charge >= 0.3 is 6.03 Å². The van der Waals surface area contributed by atoms with E-state index in [4.69, 9.17) is 0 Å². The Morgan fingerprint density at radius 2 is 2.04 bits per heavy atom. The molecule has 2 amide bonds. The van der Waals surface area contributed by atoms with Gasteiger partial charge in [-0.25, -0.2) is 4.79 Å².